The number of anilines is 2. The van der Waals surface area contributed by atoms with Gasteiger partial charge in [0.25, 0.3) is 0 Å². The molecule has 1 aliphatic carbocycles. The monoisotopic (exact) mass is 733 g/mol. The van der Waals surface area contributed by atoms with Crippen LogP contribution in [0.3, 0.4) is 0 Å². The Morgan fingerprint density at radius 2 is 1.11 bits per heavy atom. The Hall–Kier alpha value is -6.12. The zero-order chi connectivity index (χ0) is 39.1. The first kappa shape index (κ1) is 35.3. The van der Waals surface area contributed by atoms with Gasteiger partial charge in [-0.25, -0.2) is 0 Å². The van der Waals surface area contributed by atoms with Gasteiger partial charge in [0, 0.05) is 22.9 Å². The van der Waals surface area contributed by atoms with Crippen LogP contribution in [-0.2, 0) is 10.8 Å². The van der Waals surface area contributed by atoms with Gasteiger partial charge in [0.2, 0.25) is 0 Å². The van der Waals surface area contributed by atoms with E-state index in [1.807, 2.05) is 0 Å². The van der Waals surface area contributed by atoms with E-state index in [0.29, 0.717) is 0 Å². The van der Waals surface area contributed by atoms with E-state index < -0.39 is 0 Å². The fraction of sp³-hybridized carbons (Fsp3) is 0.164. The number of nitrogens with one attached hydrogen (secondary N) is 1. The van der Waals surface area contributed by atoms with Crippen LogP contribution in [0.2, 0.25) is 0 Å². The molecule has 2 heteroatoms. The lowest BCUT2D eigenvalue weighted by Gasteiger charge is -2.31. The molecule has 0 aromatic heterocycles. The Labute approximate surface area is 338 Å². The summed E-state index contributed by atoms with van der Waals surface area (Å²) in [7, 11) is 0.886. The summed E-state index contributed by atoms with van der Waals surface area (Å²) in [6.45, 7) is 14.1. The summed E-state index contributed by atoms with van der Waals surface area (Å²) in [5.41, 5.74) is 22.6. The van der Waals surface area contributed by atoms with Crippen LogP contribution in [0.25, 0.3) is 55.3 Å². The second-order valence-corrected chi connectivity index (χ2v) is 18.2. The molecular formula is C55H48BN. The van der Waals surface area contributed by atoms with Gasteiger partial charge in [0.05, 0.1) is 0 Å². The van der Waals surface area contributed by atoms with Crippen LogP contribution < -0.4 is 16.2 Å². The van der Waals surface area contributed by atoms with Gasteiger partial charge in [-0.1, -0.05) is 192 Å². The number of fused-ring (bicyclic) bond motifs is 6. The first-order valence-corrected chi connectivity index (χ1v) is 20.5. The highest BCUT2D eigenvalue weighted by atomic mass is 14.9. The van der Waals surface area contributed by atoms with E-state index in [4.69, 9.17) is 0 Å². The smallest absolute Gasteiger partial charge is 0.193 e. The summed E-state index contributed by atoms with van der Waals surface area (Å²) < 4.78 is 0. The molecular weight excluding hydrogens is 685 g/mol. The molecule has 8 aromatic carbocycles. The van der Waals surface area contributed by atoms with Crippen molar-refractivity contribution in [1.82, 2.24) is 0 Å². The maximum absolute atomic E-state index is 3.93. The topological polar surface area (TPSA) is 12.0 Å². The van der Waals surface area contributed by atoms with Crippen molar-refractivity contribution >= 4 is 40.4 Å². The van der Waals surface area contributed by atoms with Crippen molar-refractivity contribution in [2.45, 2.75) is 58.3 Å². The maximum Gasteiger partial charge on any atom is 0.193 e. The van der Waals surface area contributed by atoms with Crippen molar-refractivity contribution in [3.05, 3.63) is 192 Å². The standard InChI is InChI=1S/C55H48BN/c1-54(2,3)39-24-27-43-44(31-39)45-32-40(55(4,5)6)33-48-52(45)51(43)47-30-38(35-17-11-8-12-18-35)29-46(53(47)56-48)50-42-20-14-13-19-37(42)23-28-49(50)57-41-25-21-36(22-26-41)34-15-9-7-10-16-34/h7-33,51,56-57H,1-6H3. The zero-order valence-electron chi connectivity index (χ0n) is 33.9. The molecule has 276 valence electrons. The second-order valence-electron chi connectivity index (χ2n) is 18.2. The summed E-state index contributed by atoms with van der Waals surface area (Å²) in [6, 6.07) is 61.3. The van der Waals surface area contributed by atoms with Gasteiger partial charge in [-0.3, -0.25) is 0 Å². The van der Waals surface area contributed by atoms with E-state index in [1.165, 1.54) is 94.0 Å². The summed E-state index contributed by atoms with van der Waals surface area (Å²) in [4.78, 5) is 0. The third kappa shape index (κ3) is 6.10. The molecule has 10 rings (SSSR count). The lowest BCUT2D eigenvalue weighted by molar-refractivity contribution is 0.589. The minimum absolute atomic E-state index is 0.0223. The molecule has 1 atom stereocenters. The van der Waals surface area contributed by atoms with Gasteiger partial charge >= 0.3 is 0 Å². The Morgan fingerprint density at radius 1 is 0.474 bits per heavy atom. The lowest BCUT2D eigenvalue weighted by Crippen LogP contribution is -2.41. The maximum atomic E-state index is 3.93. The third-order valence-electron chi connectivity index (χ3n) is 12.5. The zero-order valence-corrected chi connectivity index (χ0v) is 33.9. The normalized spacial score (nSPS) is 14.1. The highest BCUT2D eigenvalue weighted by molar-refractivity contribution is 6.71. The van der Waals surface area contributed by atoms with Crippen LogP contribution in [0.1, 0.15) is 75.3 Å². The van der Waals surface area contributed by atoms with E-state index in [9.17, 15) is 0 Å². The lowest BCUT2D eigenvalue weighted by atomic mass is 9.51. The van der Waals surface area contributed by atoms with Gasteiger partial charge in [-0.15, -0.1) is 0 Å². The molecule has 1 unspecified atom stereocenters. The molecule has 1 nitrogen and oxygen atoms in total. The summed E-state index contributed by atoms with van der Waals surface area (Å²) in [5, 5.41) is 6.43. The van der Waals surface area contributed by atoms with Crippen molar-refractivity contribution in [2.75, 3.05) is 5.32 Å². The van der Waals surface area contributed by atoms with Crippen LogP contribution >= 0.6 is 0 Å². The van der Waals surface area contributed by atoms with Crippen molar-refractivity contribution < 1.29 is 0 Å². The number of rotatable bonds is 5. The molecule has 2 aliphatic rings. The van der Waals surface area contributed by atoms with Crippen molar-refractivity contribution in [3.8, 4) is 44.5 Å². The van der Waals surface area contributed by atoms with Crippen LogP contribution in [0.5, 0.6) is 0 Å². The van der Waals surface area contributed by atoms with Crippen LogP contribution in [0.4, 0.5) is 11.4 Å². The Balaban J connectivity index is 1.23. The molecule has 0 spiro atoms. The van der Waals surface area contributed by atoms with Gasteiger partial charge in [-0.2, -0.15) is 0 Å². The van der Waals surface area contributed by atoms with E-state index in [-0.39, 0.29) is 16.7 Å². The third-order valence-corrected chi connectivity index (χ3v) is 12.5. The molecule has 1 heterocycles. The molecule has 8 aromatic rings. The summed E-state index contributed by atoms with van der Waals surface area (Å²) in [6.07, 6.45) is 0. The molecule has 57 heavy (non-hydrogen) atoms. The highest BCUT2D eigenvalue weighted by Gasteiger charge is 2.40. The van der Waals surface area contributed by atoms with Crippen molar-refractivity contribution in [3.63, 3.8) is 0 Å². The quantitative estimate of drug-likeness (QED) is 0.174. The molecule has 0 saturated carbocycles. The summed E-state index contributed by atoms with van der Waals surface area (Å²) in [5.74, 6) is 0.163. The Kier molecular flexibility index (Phi) is 8.20. The van der Waals surface area contributed by atoms with Gasteiger partial charge in [0.15, 0.2) is 7.28 Å². The molecule has 0 fully saturated rings. The van der Waals surface area contributed by atoms with E-state index in [2.05, 4.69) is 211 Å². The SMILES string of the molecule is CC(C)(C)c1ccc2c(c1)-c1cc(C(C)(C)C)cc3c1C2c1cc(-c2ccccc2)cc(-c2c(Nc4ccc(-c5ccccc5)cc4)ccc4ccccc24)c1B3. The van der Waals surface area contributed by atoms with Crippen LogP contribution in [-0.4, -0.2) is 7.28 Å². The van der Waals surface area contributed by atoms with Crippen molar-refractivity contribution in [2.24, 2.45) is 0 Å². The van der Waals surface area contributed by atoms with Crippen LogP contribution in [0, 0.1) is 0 Å². The molecule has 0 amide bonds. The van der Waals surface area contributed by atoms with E-state index >= 15 is 0 Å². The Bertz CT molecular complexity index is 2840. The molecule has 0 radical (unpaired) electrons. The fourth-order valence-electron chi connectivity index (χ4n) is 9.40. The predicted octanol–water partition coefficient (Wildman–Crippen LogP) is 13.0. The fourth-order valence-corrected chi connectivity index (χ4v) is 9.40. The van der Waals surface area contributed by atoms with Gasteiger partial charge in [0.1, 0.15) is 0 Å². The second kappa shape index (κ2) is 13.2. The summed E-state index contributed by atoms with van der Waals surface area (Å²) >= 11 is 0. The van der Waals surface area contributed by atoms with Crippen molar-refractivity contribution in [1.29, 1.82) is 0 Å². The molecule has 1 aliphatic heterocycles. The first-order valence-electron chi connectivity index (χ1n) is 20.5. The molecule has 0 saturated heterocycles. The minimum Gasteiger partial charge on any atom is -0.355 e. The largest absolute Gasteiger partial charge is 0.355 e. The predicted molar refractivity (Wildman–Crippen MR) is 247 cm³/mol. The number of benzene rings is 8. The average Bonchev–Trinajstić information content (AvgIpc) is 3.55. The molecule has 1 N–H and O–H groups in total. The molecule has 0 bridgehead atoms. The van der Waals surface area contributed by atoms with Gasteiger partial charge in [-0.05, 0) is 113 Å². The Morgan fingerprint density at radius 3 is 1.81 bits per heavy atom. The highest BCUT2D eigenvalue weighted by Crippen LogP contribution is 2.52. The minimum atomic E-state index is 0.0223. The number of hydrogen-bond donors (Lipinski definition) is 1. The average molecular weight is 734 g/mol. The van der Waals surface area contributed by atoms with E-state index in [0.717, 1.165) is 18.7 Å². The van der Waals surface area contributed by atoms with Gasteiger partial charge < -0.3 is 5.32 Å². The van der Waals surface area contributed by atoms with E-state index in [1.54, 1.807) is 0 Å². The van der Waals surface area contributed by atoms with Crippen LogP contribution in [0.15, 0.2) is 164 Å². The number of hydrogen-bond acceptors (Lipinski definition) is 1. The first-order chi connectivity index (χ1) is 27.5.